The fourth-order valence-corrected chi connectivity index (χ4v) is 3.91. The summed E-state index contributed by atoms with van der Waals surface area (Å²) >= 11 is 0. The second-order valence-electron chi connectivity index (χ2n) is 8.59. The SMILES string of the molecule is C=CC(=O)Nc1ccc2cc(C(=O)Nc3ccc(C)c(Nc4nccc(-c5cccnc5)n4)c3)ccc2c1. The molecule has 0 aliphatic carbocycles. The number of hydrogen-bond acceptors (Lipinski definition) is 6. The van der Waals surface area contributed by atoms with Crippen LogP contribution in [0.5, 0.6) is 0 Å². The number of fused-ring (bicyclic) bond motifs is 1. The summed E-state index contributed by atoms with van der Waals surface area (Å²) in [6.07, 6.45) is 6.37. The van der Waals surface area contributed by atoms with E-state index < -0.39 is 0 Å². The Morgan fingerprint density at radius 2 is 1.66 bits per heavy atom. The van der Waals surface area contributed by atoms with E-state index in [1.807, 2.05) is 67.6 Å². The first-order chi connectivity index (χ1) is 18.5. The summed E-state index contributed by atoms with van der Waals surface area (Å²) in [6, 6.07) is 22.2. The highest BCUT2D eigenvalue weighted by Crippen LogP contribution is 2.26. The lowest BCUT2D eigenvalue weighted by Crippen LogP contribution is -2.12. The molecular weight excluding hydrogens is 476 g/mol. The predicted molar refractivity (Wildman–Crippen MR) is 150 cm³/mol. The summed E-state index contributed by atoms with van der Waals surface area (Å²) in [5.74, 6) is -0.0725. The lowest BCUT2D eigenvalue weighted by atomic mass is 10.1. The number of carbonyl (C=O) groups excluding carboxylic acids is 2. The van der Waals surface area contributed by atoms with Crippen molar-refractivity contribution < 1.29 is 9.59 Å². The maximum Gasteiger partial charge on any atom is 0.255 e. The number of nitrogens with one attached hydrogen (secondary N) is 3. The van der Waals surface area contributed by atoms with Crippen molar-refractivity contribution in [3.63, 3.8) is 0 Å². The number of anilines is 4. The molecule has 5 aromatic rings. The molecule has 0 radical (unpaired) electrons. The maximum atomic E-state index is 13.0. The van der Waals surface area contributed by atoms with E-state index in [-0.39, 0.29) is 11.8 Å². The smallest absolute Gasteiger partial charge is 0.255 e. The van der Waals surface area contributed by atoms with E-state index in [9.17, 15) is 9.59 Å². The van der Waals surface area contributed by atoms with E-state index in [0.717, 1.165) is 33.3 Å². The minimum absolute atomic E-state index is 0.236. The molecule has 8 nitrogen and oxygen atoms in total. The molecule has 3 N–H and O–H groups in total. The van der Waals surface area contributed by atoms with Crippen LogP contribution in [0, 0.1) is 6.92 Å². The largest absolute Gasteiger partial charge is 0.324 e. The lowest BCUT2D eigenvalue weighted by Gasteiger charge is -2.12. The molecule has 0 fully saturated rings. The molecule has 0 bridgehead atoms. The molecule has 0 aliphatic rings. The van der Waals surface area contributed by atoms with E-state index >= 15 is 0 Å². The van der Waals surface area contributed by atoms with E-state index in [4.69, 9.17) is 0 Å². The second-order valence-corrected chi connectivity index (χ2v) is 8.59. The lowest BCUT2D eigenvalue weighted by molar-refractivity contribution is -0.111. The van der Waals surface area contributed by atoms with Crippen LogP contribution >= 0.6 is 0 Å². The van der Waals surface area contributed by atoms with E-state index in [2.05, 4.69) is 37.5 Å². The summed E-state index contributed by atoms with van der Waals surface area (Å²) < 4.78 is 0. The monoisotopic (exact) mass is 500 g/mol. The van der Waals surface area contributed by atoms with Crippen LogP contribution in [-0.2, 0) is 4.79 Å². The number of aromatic nitrogens is 3. The second kappa shape index (κ2) is 10.7. The van der Waals surface area contributed by atoms with Gasteiger partial charge in [-0.05, 0) is 83.9 Å². The quantitative estimate of drug-likeness (QED) is 0.232. The number of aryl methyl sites for hydroxylation is 1. The summed E-state index contributed by atoms with van der Waals surface area (Å²) in [7, 11) is 0. The number of pyridine rings is 1. The third-order valence-electron chi connectivity index (χ3n) is 5.91. The standard InChI is InChI=1S/C30H24N6O2/c1-3-28(37)33-24-11-9-20-15-22(8-7-21(20)16-24)29(38)34-25-10-6-19(2)27(17-25)36-30-32-14-12-26(35-30)23-5-4-13-31-18-23/h3-18H,1H2,2H3,(H,33,37)(H,34,38)(H,32,35,36). The number of carbonyl (C=O) groups is 2. The van der Waals surface area contributed by atoms with Crippen LogP contribution in [0.1, 0.15) is 15.9 Å². The zero-order valence-electron chi connectivity index (χ0n) is 20.6. The van der Waals surface area contributed by atoms with Gasteiger partial charge in [0.15, 0.2) is 0 Å². The van der Waals surface area contributed by atoms with Crippen molar-refractivity contribution in [3.8, 4) is 11.3 Å². The van der Waals surface area contributed by atoms with Crippen LogP contribution in [0.4, 0.5) is 23.0 Å². The third kappa shape index (κ3) is 5.55. The minimum Gasteiger partial charge on any atom is -0.324 e. The van der Waals surface area contributed by atoms with Gasteiger partial charge in [-0.1, -0.05) is 24.8 Å². The molecule has 0 unspecified atom stereocenters. The molecular formula is C30H24N6O2. The number of benzene rings is 3. The molecule has 38 heavy (non-hydrogen) atoms. The van der Waals surface area contributed by atoms with Gasteiger partial charge in [-0.3, -0.25) is 14.6 Å². The third-order valence-corrected chi connectivity index (χ3v) is 5.91. The van der Waals surface area contributed by atoms with E-state index in [0.29, 0.717) is 22.9 Å². The van der Waals surface area contributed by atoms with Crippen molar-refractivity contribution >= 4 is 45.6 Å². The highest BCUT2D eigenvalue weighted by molar-refractivity contribution is 6.07. The Kier molecular flexibility index (Phi) is 6.86. The number of rotatable bonds is 7. The predicted octanol–water partition coefficient (Wildman–Crippen LogP) is 6.12. The van der Waals surface area contributed by atoms with Crippen molar-refractivity contribution in [2.24, 2.45) is 0 Å². The molecule has 0 spiro atoms. The van der Waals surface area contributed by atoms with Gasteiger partial charge < -0.3 is 16.0 Å². The van der Waals surface area contributed by atoms with Crippen molar-refractivity contribution in [3.05, 3.63) is 115 Å². The first kappa shape index (κ1) is 24.3. The van der Waals surface area contributed by atoms with Gasteiger partial charge in [-0.15, -0.1) is 0 Å². The van der Waals surface area contributed by atoms with Crippen LogP contribution in [0.15, 0.2) is 104 Å². The first-order valence-corrected chi connectivity index (χ1v) is 11.9. The van der Waals surface area contributed by atoms with Crippen LogP contribution in [0.3, 0.4) is 0 Å². The first-order valence-electron chi connectivity index (χ1n) is 11.9. The van der Waals surface area contributed by atoms with Crippen molar-refractivity contribution in [1.29, 1.82) is 0 Å². The average Bonchev–Trinajstić information content (AvgIpc) is 2.95. The van der Waals surface area contributed by atoms with Crippen LogP contribution < -0.4 is 16.0 Å². The summed E-state index contributed by atoms with van der Waals surface area (Å²) in [4.78, 5) is 37.7. The molecule has 0 atom stereocenters. The molecule has 0 aliphatic heterocycles. The zero-order chi connectivity index (χ0) is 26.5. The number of hydrogen-bond donors (Lipinski definition) is 3. The summed E-state index contributed by atoms with van der Waals surface area (Å²) in [5.41, 5.74) is 5.21. The highest BCUT2D eigenvalue weighted by Gasteiger charge is 2.10. The zero-order valence-corrected chi connectivity index (χ0v) is 20.6. The topological polar surface area (TPSA) is 109 Å². The maximum absolute atomic E-state index is 13.0. The number of nitrogens with zero attached hydrogens (tertiary/aromatic N) is 3. The van der Waals surface area contributed by atoms with Gasteiger partial charge in [-0.25, -0.2) is 9.97 Å². The molecule has 0 saturated carbocycles. The van der Waals surface area contributed by atoms with E-state index in [1.165, 1.54) is 6.08 Å². The Morgan fingerprint density at radius 1 is 0.868 bits per heavy atom. The Labute approximate surface area is 219 Å². The Morgan fingerprint density at radius 3 is 2.47 bits per heavy atom. The molecule has 5 rings (SSSR count). The normalized spacial score (nSPS) is 10.6. The van der Waals surface area contributed by atoms with Crippen molar-refractivity contribution in [2.45, 2.75) is 6.92 Å². The number of amides is 2. The average molecular weight is 501 g/mol. The van der Waals surface area contributed by atoms with Crippen LogP contribution in [0.2, 0.25) is 0 Å². The fraction of sp³-hybridized carbons (Fsp3) is 0.0333. The molecule has 186 valence electrons. The summed E-state index contributed by atoms with van der Waals surface area (Å²) in [6.45, 7) is 5.43. The van der Waals surface area contributed by atoms with E-state index in [1.54, 1.807) is 30.7 Å². The van der Waals surface area contributed by atoms with Crippen LogP contribution in [0.25, 0.3) is 22.0 Å². The molecule has 0 saturated heterocycles. The van der Waals surface area contributed by atoms with Gasteiger partial charge in [0, 0.05) is 46.8 Å². The van der Waals surface area contributed by atoms with Gasteiger partial charge in [0.2, 0.25) is 11.9 Å². The van der Waals surface area contributed by atoms with Gasteiger partial charge in [0.25, 0.3) is 5.91 Å². The molecule has 2 amide bonds. The Balaban J connectivity index is 1.32. The molecule has 8 heteroatoms. The van der Waals surface area contributed by atoms with Crippen molar-refractivity contribution in [1.82, 2.24) is 15.0 Å². The van der Waals surface area contributed by atoms with Crippen molar-refractivity contribution in [2.75, 3.05) is 16.0 Å². The Bertz CT molecular complexity index is 1670. The molecule has 2 heterocycles. The van der Waals surface area contributed by atoms with Gasteiger partial charge in [-0.2, -0.15) is 0 Å². The molecule has 3 aromatic carbocycles. The van der Waals surface area contributed by atoms with Gasteiger partial charge in [0.1, 0.15) is 0 Å². The summed E-state index contributed by atoms with van der Waals surface area (Å²) in [5, 5.41) is 10.7. The van der Waals surface area contributed by atoms with Crippen LogP contribution in [-0.4, -0.2) is 26.8 Å². The minimum atomic E-state index is -0.278. The van der Waals surface area contributed by atoms with Gasteiger partial charge in [0.05, 0.1) is 5.69 Å². The van der Waals surface area contributed by atoms with Gasteiger partial charge >= 0.3 is 0 Å². The highest BCUT2D eigenvalue weighted by atomic mass is 16.2. The molecule has 2 aromatic heterocycles. The Hall–Kier alpha value is -5.37. The fourth-order valence-electron chi connectivity index (χ4n) is 3.91.